The number of hydrogen-bond acceptors (Lipinski definition) is 4. The van der Waals surface area contributed by atoms with Crippen molar-refractivity contribution >= 4 is 27.8 Å². The van der Waals surface area contributed by atoms with Crippen LogP contribution >= 0.6 is 11.3 Å². The Bertz CT molecular complexity index is 422. The quantitative estimate of drug-likeness (QED) is 0.413. The van der Waals surface area contributed by atoms with Crippen LogP contribution in [-0.4, -0.2) is 16.4 Å². The highest BCUT2D eigenvalue weighted by atomic mass is 32.1. The van der Waals surface area contributed by atoms with Gasteiger partial charge in [-0.1, -0.05) is 11.2 Å². The van der Waals surface area contributed by atoms with Gasteiger partial charge in [-0.2, -0.15) is 0 Å². The van der Waals surface area contributed by atoms with Crippen molar-refractivity contribution in [1.29, 1.82) is 0 Å². The lowest BCUT2D eigenvalue weighted by molar-refractivity contribution is 0.322. The van der Waals surface area contributed by atoms with E-state index in [4.69, 9.17) is 5.21 Å². The molecular weight excluding hydrogens is 172 g/mol. The Hall–Kier alpha value is -1.42. The van der Waals surface area contributed by atoms with Crippen LogP contribution < -0.4 is 0 Å². The monoisotopic (exact) mass is 178 g/mol. The minimum Gasteiger partial charge on any atom is -0.411 e. The number of fused-ring (bicyclic) bond motifs is 1. The maximum absolute atomic E-state index is 8.30. The zero-order chi connectivity index (χ0) is 8.39. The topological polar surface area (TPSA) is 45.5 Å². The third-order valence-corrected chi connectivity index (χ3v) is 2.35. The van der Waals surface area contributed by atoms with Gasteiger partial charge in [-0.3, -0.25) is 0 Å². The molecule has 0 spiro atoms. The average molecular weight is 178 g/mol. The predicted octanol–water partition coefficient (Wildman–Crippen LogP) is 2.10. The van der Waals surface area contributed by atoms with Gasteiger partial charge in [0.1, 0.15) is 0 Å². The lowest BCUT2D eigenvalue weighted by atomic mass is 10.2. The fourth-order valence-corrected chi connectivity index (χ4v) is 1.74. The van der Waals surface area contributed by atoms with Crippen LogP contribution in [0.5, 0.6) is 0 Å². The molecule has 0 fully saturated rings. The molecule has 0 aliphatic rings. The Morgan fingerprint density at radius 2 is 2.42 bits per heavy atom. The molecule has 1 aromatic heterocycles. The Kier molecular flexibility index (Phi) is 1.75. The first-order chi connectivity index (χ1) is 5.90. The molecule has 0 bridgehead atoms. The minimum absolute atomic E-state index is 0.884. The molecule has 0 atom stereocenters. The van der Waals surface area contributed by atoms with E-state index in [0.717, 1.165) is 15.8 Å². The Morgan fingerprint density at radius 3 is 3.25 bits per heavy atom. The van der Waals surface area contributed by atoms with Crippen molar-refractivity contribution in [3.63, 3.8) is 0 Å². The fourth-order valence-electron chi connectivity index (χ4n) is 1.02. The van der Waals surface area contributed by atoms with E-state index < -0.39 is 0 Å². The van der Waals surface area contributed by atoms with Crippen LogP contribution in [0.2, 0.25) is 0 Å². The number of benzene rings is 1. The highest BCUT2D eigenvalue weighted by Gasteiger charge is 1.95. The molecular formula is C8H6N2OS. The highest BCUT2D eigenvalue weighted by molar-refractivity contribution is 7.16. The maximum atomic E-state index is 8.30. The molecule has 1 heterocycles. The molecule has 2 aromatic rings. The van der Waals surface area contributed by atoms with E-state index in [9.17, 15) is 0 Å². The Balaban J connectivity index is 2.60. The largest absolute Gasteiger partial charge is 0.411 e. The number of thiazole rings is 1. The van der Waals surface area contributed by atoms with Crippen LogP contribution in [0.1, 0.15) is 5.56 Å². The van der Waals surface area contributed by atoms with Crippen molar-refractivity contribution in [1.82, 2.24) is 4.98 Å². The normalized spacial score (nSPS) is 11.3. The lowest BCUT2D eigenvalue weighted by Gasteiger charge is -1.90. The summed E-state index contributed by atoms with van der Waals surface area (Å²) in [6.07, 6.45) is 1.40. The van der Waals surface area contributed by atoms with E-state index in [1.54, 1.807) is 16.8 Å². The summed E-state index contributed by atoms with van der Waals surface area (Å²) in [7, 11) is 0. The SMILES string of the molecule is ON=Cc1ccc2ncsc2c1. The van der Waals surface area contributed by atoms with Gasteiger partial charge in [-0.05, 0) is 17.7 Å². The van der Waals surface area contributed by atoms with Gasteiger partial charge in [0.2, 0.25) is 0 Å². The molecule has 0 saturated heterocycles. The predicted molar refractivity (Wildman–Crippen MR) is 49.0 cm³/mol. The van der Waals surface area contributed by atoms with Gasteiger partial charge < -0.3 is 5.21 Å². The van der Waals surface area contributed by atoms with Crippen molar-refractivity contribution in [2.24, 2.45) is 5.16 Å². The second kappa shape index (κ2) is 2.91. The van der Waals surface area contributed by atoms with Gasteiger partial charge in [0.25, 0.3) is 0 Å². The van der Waals surface area contributed by atoms with Gasteiger partial charge in [0, 0.05) is 0 Å². The first-order valence-corrected chi connectivity index (χ1v) is 4.29. The van der Waals surface area contributed by atoms with Crippen LogP contribution in [-0.2, 0) is 0 Å². The fraction of sp³-hybridized carbons (Fsp3) is 0. The summed E-state index contributed by atoms with van der Waals surface area (Å²) in [4.78, 5) is 4.13. The third-order valence-electron chi connectivity index (χ3n) is 1.56. The lowest BCUT2D eigenvalue weighted by Crippen LogP contribution is -1.78. The van der Waals surface area contributed by atoms with E-state index in [1.165, 1.54) is 6.21 Å². The summed E-state index contributed by atoms with van der Waals surface area (Å²) in [5.41, 5.74) is 3.66. The summed E-state index contributed by atoms with van der Waals surface area (Å²) in [6, 6.07) is 5.71. The van der Waals surface area contributed by atoms with Crippen molar-refractivity contribution < 1.29 is 5.21 Å². The number of rotatable bonds is 1. The van der Waals surface area contributed by atoms with Crippen LogP contribution in [0.4, 0.5) is 0 Å². The molecule has 0 aliphatic carbocycles. The molecule has 0 unspecified atom stereocenters. The van der Waals surface area contributed by atoms with E-state index in [0.29, 0.717) is 0 Å². The summed E-state index contributed by atoms with van der Waals surface area (Å²) in [5, 5.41) is 11.3. The number of oxime groups is 1. The van der Waals surface area contributed by atoms with E-state index >= 15 is 0 Å². The third kappa shape index (κ3) is 1.16. The molecule has 0 radical (unpaired) electrons. The summed E-state index contributed by atoms with van der Waals surface area (Å²) >= 11 is 1.57. The summed E-state index contributed by atoms with van der Waals surface area (Å²) in [5.74, 6) is 0. The van der Waals surface area contributed by atoms with Crippen LogP contribution in [0.15, 0.2) is 28.9 Å². The Morgan fingerprint density at radius 1 is 1.50 bits per heavy atom. The zero-order valence-corrected chi connectivity index (χ0v) is 6.95. The van der Waals surface area contributed by atoms with Gasteiger partial charge in [-0.15, -0.1) is 11.3 Å². The highest BCUT2D eigenvalue weighted by Crippen LogP contribution is 2.17. The standard InChI is InChI=1S/C8H6N2OS/c11-10-4-6-1-2-7-8(3-6)12-5-9-7/h1-5,11H. The van der Waals surface area contributed by atoms with Crippen molar-refractivity contribution in [3.8, 4) is 0 Å². The van der Waals surface area contributed by atoms with Crippen molar-refractivity contribution in [3.05, 3.63) is 29.3 Å². The molecule has 0 amide bonds. The average Bonchev–Trinajstić information content (AvgIpc) is 2.51. The van der Waals surface area contributed by atoms with Gasteiger partial charge in [0.05, 0.1) is 21.9 Å². The zero-order valence-electron chi connectivity index (χ0n) is 6.14. The molecule has 1 aromatic carbocycles. The molecule has 12 heavy (non-hydrogen) atoms. The second-order valence-corrected chi connectivity index (χ2v) is 3.21. The van der Waals surface area contributed by atoms with Gasteiger partial charge in [0.15, 0.2) is 0 Å². The molecule has 3 nitrogen and oxygen atoms in total. The van der Waals surface area contributed by atoms with Crippen molar-refractivity contribution in [2.45, 2.75) is 0 Å². The van der Waals surface area contributed by atoms with Crippen molar-refractivity contribution in [2.75, 3.05) is 0 Å². The van der Waals surface area contributed by atoms with E-state index in [-0.39, 0.29) is 0 Å². The number of nitrogens with zero attached hydrogens (tertiary/aromatic N) is 2. The second-order valence-electron chi connectivity index (χ2n) is 2.32. The summed E-state index contributed by atoms with van der Waals surface area (Å²) < 4.78 is 1.10. The van der Waals surface area contributed by atoms with Gasteiger partial charge >= 0.3 is 0 Å². The molecule has 60 valence electrons. The molecule has 2 rings (SSSR count). The number of hydrogen-bond donors (Lipinski definition) is 1. The summed E-state index contributed by atoms with van der Waals surface area (Å²) in [6.45, 7) is 0. The molecule has 0 saturated carbocycles. The van der Waals surface area contributed by atoms with Crippen LogP contribution in [0.3, 0.4) is 0 Å². The van der Waals surface area contributed by atoms with Crippen LogP contribution in [0.25, 0.3) is 10.2 Å². The van der Waals surface area contributed by atoms with E-state index in [1.807, 2.05) is 18.2 Å². The van der Waals surface area contributed by atoms with Crippen LogP contribution in [0, 0.1) is 0 Å². The van der Waals surface area contributed by atoms with E-state index in [2.05, 4.69) is 10.1 Å². The first kappa shape index (κ1) is 7.24. The Labute approximate surface area is 73.0 Å². The number of aromatic nitrogens is 1. The molecule has 0 aliphatic heterocycles. The molecule has 1 N–H and O–H groups in total. The smallest absolute Gasteiger partial charge is 0.0812 e. The minimum atomic E-state index is 0.884. The first-order valence-electron chi connectivity index (χ1n) is 3.41. The maximum Gasteiger partial charge on any atom is 0.0812 e. The van der Waals surface area contributed by atoms with Gasteiger partial charge in [-0.25, -0.2) is 4.98 Å². The molecule has 4 heteroatoms.